The Balaban J connectivity index is 2.73. The molecule has 100 valence electrons. The van der Waals surface area contributed by atoms with Crippen molar-refractivity contribution in [3.05, 3.63) is 0 Å². The Morgan fingerprint density at radius 3 is 2.41 bits per heavy atom. The molecule has 1 saturated heterocycles. The molecule has 0 amide bonds. The van der Waals surface area contributed by atoms with Gasteiger partial charge in [-0.15, -0.1) is 0 Å². The molecule has 4 nitrogen and oxygen atoms in total. The monoisotopic (exact) mass is 243 g/mol. The van der Waals surface area contributed by atoms with E-state index in [0.717, 1.165) is 13.0 Å². The molecule has 1 N–H and O–H groups in total. The van der Waals surface area contributed by atoms with E-state index in [4.69, 9.17) is 4.74 Å². The van der Waals surface area contributed by atoms with Crippen molar-refractivity contribution < 1.29 is 14.6 Å². The van der Waals surface area contributed by atoms with Crippen molar-refractivity contribution in [3.63, 3.8) is 0 Å². The lowest BCUT2D eigenvalue weighted by atomic mass is 9.79. The van der Waals surface area contributed by atoms with Crippen molar-refractivity contribution in [2.45, 2.75) is 46.1 Å². The molecule has 1 fully saturated rings. The van der Waals surface area contributed by atoms with Gasteiger partial charge in [-0.2, -0.15) is 0 Å². The van der Waals surface area contributed by atoms with Crippen LogP contribution >= 0.6 is 0 Å². The quantitative estimate of drug-likeness (QED) is 0.775. The average Bonchev–Trinajstić information content (AvgIpc) is 2.29. The standard InChI is InChI=1S/C13H25NO3/c1-4-7-14(11(2)3)10-13(12(15)16)5-8-17-9-6-13/h11H,4-10H2,1-3H3,(H,15,16). The second kappa shape index (κ2) is 6.36. The second-order valence-electron chi connectivity index (χ2n) is 5.26. The van der Waals surface area contributed by atoms with Crippen LogP contribution in [0.25, 0.3) is 0 Å². The normalized spacial score (nSPS) is 19.8. The van der Waals surface area contributed by atoms with Crippen LogP contribution in [-0.4, -0.2) is 48.3 Å². The topological polar surface area (TPSA) is 49.8 Å². The molecule has 0 atom stereocenters. The number of carboxylic acid groups (broad SMARTS) is 1. The molecule has 0 saturated carbocycles. The SMILES string of the molecule is CCCN(CC1(C(=O)O)CCOCC1)C(C)C. The first kappa shape index (κ1) is 14.5. The fourth-order valence-corrected chi connectivity index (χ4v) is 2.40. The lowest BCUT2D eigenvalue weighted by Crippen LogP contribution is -2.48. The molecular formula is C13H25NO3. The number of ether oxygens (including phenoxy) is 1. The summed E-state index contributed by atoms with van der Waals surface area (Å²) in [7, 11) is 0. The molecule has 0 bridgehead atoms. The summed E-state index contributed by atoms with van der Waals surface area (Å²) in [6.45, 7) is 9.15. The molecule has 1 aliphatic rings. The first-order valence-electron chi connectivity index (χ1n) is 6.57. The maximum atomic E-state index is 11.6. The van der Waals surface area contributed by atoms with Gasteiger partial charge < -0.3 is 9.84 Å². The van der Waals surface area contributed by atoms with Gasteiger partial charge in [0.15, 0.2) is 0 Å². The van der Waals surface area contributed by atoms with Crippen LogP contribution in [0, 0.1) is 5.41 Å². The summed E-state index contributed by atoms with van der Waals surface area (Å²) in [4.78, 5) is 13.8. The van der Waals surface area contributed by atoms with Gasteiger partial charge in [-0.1, -0.05) is 6.92 Å². The van der Waals surface area contributed by atoms with E-state index < -0.39 is 11.4 Å². The van der Waals surface area contributed by atoms with Crippen LogP contribution in [0.5, 0.6) is 0 Å². The Bertz CT molecular complexity index is 247. The van der Waals surface area contributed by atoms with Gasteiger partial charge in [-0.05, 0) is 39.7 Å². The predicted molar refractivity (Wildman–Crippen MR) is 67.1 cm³/mol. The number of carbonyl (C=O) groups is 1. The highest BCUT2D eigenvalue weighted by Gasteiger charge is 2.41. The highest BCUT2D eigenvalue weighted by atomic mass is 16.5. The highest BCUT2D eigenvalue weighted by Crippen LogP contribution is 2.32. The minimum absolute atomic E-state index is 0.397. The first-order valence-corrected chi connectivity index (χ1v) is 6.57. The van der Waals surface area contributed by atoms with Crippen molar-refractivity contribution in [1.29, 1.82) is 0 Å². The summed E-state index contributed by atoms with van der Waals surface area (Å²) < 4.78 is 5.30. The molecule has 0 aromatic heterocycles. The minimum Gasteiger partial charge on any atom is -0.481 e. The lowest BCUT2D eigenvalue weighted by molar-refractivity contribution is -0.157. The number of aliphatic carboxylic acids is 1. The third-order valence-corrected chi connectivity index (χ3v) is 3.65. The molecule has 0 unspecified atom stereocenters. The number of hydrogen-bond acceptors (Lipinski definition) is 3. The van der Waals surface area contributed by atoms with Gasteiger partial charge in [0.1, 0.15) is 0 Å². The molecule has 1 heterocycles. The zero-order valence-electron chi connectivity index (χ0n) is 11.2. The fraction of sp³-hybridized carbons (Fsp3) is 0.923. The molecule has 0 aromatic rings. The molecule has 0 radical (unpaired) electrons. The van der Waals surface area contributed by atoms with Gasteiger partial charge in [0.25, 0.3) is 0 Å². The van der Waals surface area contributed by atoms with Gasteiger partial charge in [0.05, 0.1) is 5.41 Å². The average molecular weight is 243 g/mol. The molecular weight excluding hydrogens is 218 g/mol. The van der Waals surface area contributed by atoms with Crippen LogP contribution in [-0.2, 0) is 9.53 Å². The van der Waals surface area contributed by atoms with Crippen LogP contribution in [0.4, 0.5) is 0 Å². The van der Waals surface area contributed by atoms with Gasteiger partial charge in [-0.3, -0.25) is 9.69 Å². The Morgan fingerprint density at radius 2 is 2.00 bits per heavy atom. The lowest BCUT2D eigenvalue weighted by Gasteiger charge is -2.39. The Hall–Kier alpha value is -0.610. The van der Waals surface area contributed by atoms with Crippen molar-refractivity contribution in [2.24, 2.45) is 5.41 Å². The summed E-state index contributed by atoms with van der Waals surface area (Å²) in [5.41, 5.74) is -0.600. The Kier molecular flexibility index (Phi) is 5.40. The number of hydrogen-bond donors (Lipinski definition) is 1. The summed E-state index contributed by atoms with van der Waals surface area (Å²) in [6.07, 6.45) is 2.33. The van der Waals surface area contributed by atoms with Crippen molar-refractivity contribution >= 4 is 5.97 Å². The molecule has 1 rings (SSSR count). The Morgan fingerprint density at radius 1 is 1.41 bits per heavy atom. The summed E-state index contributed by atoms with van der Waals surface area (Å²) in [5.74, 6) is -0.664. The minimum atomic E-state index is -0.664. The number of rotatable bonds is 6. The Labute approximate surface area is 104 Å². The zero-order chi connectivity index (χ0) is 12.9. The van der Waals surface area contributed by atoms with Crippen LogP contribution in [0.2, 0.25) is 0 Å². The summed E-state index contributed by atoms with van der Waals surface area (Å²) in [5, 5.41) is 9.51. The smallest absolute Gasteiger partial charge is 0.311 e. The molecule has 0 aliphatic carbocycles. The molecule has 17 heavy (non-hydrogen) atoms. The van der Waals surface area contributed by atoms with Crippen molar-refractivity contribution in [3.8, 4) is 0 Å². The van der Waals surface area contributed by atoms with E-state index in [2.05, 4.69) is 25.7 Å². The fourth-order valence-electron chi connectivity index (χ4n) is 2.40. The molecule has 4 heteroatoms. The van der Waals surface area contributed by atoms with Crippen LogP contribution < -0.4 is 0 Å². The molecule has 0 spiro atoms. The molecule has 1 aliphatic heterocycles. The maximum absolute atomic E-state index is 11.6. The van der Waals surface area contributed by atoms with Gasteiger partial charge >= 0.3 is 5.97 Å². The van der Waals surface area contributed by atoms with Crippen molar-refractivity contribution in [1.82, 2.24) is 4.90 Å². The second-order valence-corrected chi connectivity index (χ2v) is 5.26. The van der Waals surface area contributed by atoms with E-state index in [-0.39, 0.29) is 0 Å². The van der Waals surface area contributed by atoms with E-state index in [1.807, 2.05) is 0 Å². The van der Waals surface area contributed by atoms with Crippen LogP contribution in [0.3, 0.4) is 0 Å². The van der Waals surface area contributed by atoms with E-state index in [0.29, 0.717) is 38.6 Å². The van der Waals surface area contributed by atoms with E-state index in [9.17, 15) is 9.90 Å². The zero-order valence-corrected chi connectivity index (χ0v) is 11.2. The first-order chi connectivity index (χ1) is 8.02. The largest absolute Gasteiger partial charge is 0.481 e. The summed E-state index contributed by atoms with van der Waals surface area (Å²) in [6, 6.07) is 0.397. The number of carboxylic acids is 1. The van der Waals surface area contributed by atoms with E-state index in [1.54, 1.807) is 0 Å². The predicted octanol–water partition coefficient (Wildman–Crippen LogP) is 1.99. The van der Waals surface area contributed by atoms with Gasteiger partial charge in [-0.25, -0.2) is 0 Å². The molecule has 0 aromatic carbocycles. The van der Waals surface area contributed by atoms with Crippen LogP contribution in [0.1, 0.15) is 40.0 Å². The van der Waals surface area contributed by atoms with E-state index >= 15 is 0 Å². The maximum Gasteiger partial charge on any atom is 0.311 e. The highest BCUT2D eigenvalue weighted by molar-refractivity contribution is 5.75. The number of nitrogens with zero attached hydrogens (tertiary/aromatic N) is 1. The van der Waals surface area contributed by atoms with Crippen LogP contribution in [0.15, 0.2) is 0 Å². The van der Waals surface area contributed by atoms with Gasteiger partial charge in [0, 0.05) is 25.8 Å². The van der Waals surface area contributed by atoms with Crippen molar-refractivity contribution in [2.75, 3.05) is 26.3 Å². The van der Waals surface area contributed by atoms with Gasteiger partial charge in [0.2, 0.25) is 0 Å². The van der Waals surface area contributed by atoms with E-state index in [1.165, 1.54) is 0 Å². The third kappa shape index (κ3) is 3.68. The summed E-state index contributed by atoms with van der Waals surface area (Å²) >= 11 is 0. The third-order valence-electron chi connectivity index (χ3n) is 3.65.